The molecule has 2 aromatic carbocycles. The second-order valence-corrected chi connectivity index (χ2v) is 4.88. The van der Waals surface area contributed by atoms with Gasteiger partial charge in [-0.25, -0.2) is 4.39 Å². The van der Waals surface area contributed by atoms with E-state index < -0.39 is 0 Å². The molecule has 0 amide bonds. The molecule has 0 radical (unpaired) electrons. The Bertz CT molecular complexity index is 767. The van der Waals surface area contributed by atoms with Gasteiger partial charge in [-0.2, -0.15) is 5.26 Å². The summed E-state index contributed by atoms with van der Waals surface area (Å²) in [5.74, 6) is -0.248. The van der Waals surface area contributed by atoms with Gasteiger partial charge in [0, 0.05) is 7.05 Å². The molecule has 0 heterocycles. The van der Waals surface area contributed by atoms with Crippen LogP contribution in [0, 0.1) is 17.1 Å². The number of nitrogens with zero attached hydrogens (tertiary/aromatic N) is 1. The molecular weight excluding hydrogens is 275 g/mol. The van der Waals surface area contributed by atoms with Crippen LogP contribution < -0.4 is 5.32 Å². The summed E-state index contributed by atoms with van der Waals surface area (Å²) in [4.78, 5) is 0. The summed E-state index contributed by atoms with van der Waals surface area (Å²) in [7, 11) is 1.73. The van der Waals surface area contributed by atoms with Crippen LogP contribution in [0.4, 0.5) is 4.39 Å². The highest BCUT2D eigenvalue weighted by Crippen LogP contribution is 2.19. The quantitative estimate of drug-likeness (QED) is 0.666. The first-order valence-electron chi connectivity index (χ1n) is 6.97. The summed E-state index contributed by atoms with van der Waals surface area (Å²) in [6, 6.07) is 16.5. The zero-order chi connectivity index (χ0) is 15.9. The first kappa shape index (κ1) is 15.5. The second-order valence-electron chi connectivity index (χ2n) is 4.88. The number of halogens is 1. The van der Waals surface area contributed by atoms with Crippen LogP contribution in [0.1, 0.15) is 23.6 Å². The molecule has 0 aliphatic heterocycles. The summed E-state index contributed by atoms with van der Waals surface area (Å²) >= 11 is 0. The molecule has 22 heavy (non-hydrogen) atoms. The molecule has 0 saturated carbocycles. The van der Waals surface area contributed by atoms with E-state index in [4.69, 9.17) is 5.26 Å². The number of allylic oxidation sites excluding steroid dienone is 2. The fraction of sp³-hybridized carbons (Fsp3) is 0.105. The van der Waals surface area contributed by atoms with Crippen LogP contribution in [0.2, 0.25) is 0 Å². The van der Waals surface area contributed by atoms with Crippen LogP contribution in [0.5, 0.6) is 0 Å². The van der Waals surface area contributed by atoms with E-state index in [0.717, 1.165) is 22.3 Å². The smallest absolute Gasteiger partial charge is 0.123 e. The molecule has 3 heteroatoms. The Labute approximate surface area is 130 Å². The first-order chi connectivity index (χ1) is 10.6. The molecule has 0 fully saturated rings. The zero-order valence-corrected chi connectivity index (χ0v) is 12.6. The molecule has 0 unspecified atom stereocenters. The lowest BCUT2D eigenvalue weighted by Gasteiger charge is -2.06. The van der Waals surface area contributed by atoms with Gasteiger partial charge in [0.1, 0.15) is 17.6 Å². The van der Waals surface area contributed by atoms with E-state index in [1.807, 2.05) is 49.4 Å². The summed E-state index contributed by atoms with van der Waals surface area (Å²) in [5.41, 5.74) is 4.23. The van der Waals surface area contributed by atoms with Crippen LogP contribution >= 0.6 is 0 Å². The SMILES string of the molecule is CN/C(C#N)=C(\C)c1cccc(/C=C/c2cccc(F)c2)c1. The van der Waals surface area contributed by atoms with Crippen molar-refractivity contribution in [1.29, 1.82) is 5.26 Å². The van der Waals surface area contributed by atoms with Crippen LogP contribution in [0.3, 0.4) is 0 Å². The van der Waals surface area contributed by atoms with Crippen molar-refractivity contribution in [1.82, 2.24) is 5.32 Å². The Balaban J connectivity index is 2.30. The summed E-state index contributed by atoms with van der Waals surface area (Å²) < 4.78 is 13.2. The predicted molar refractivity (Wildman–Crippen MR) is 89.0 cm³/mol. The van der Waals surface area contributed by atoms with Crippen molar-refractivity contribution >= 4 is 17.7 Å². The average molecular weight is 292 g/mol. The third-order valence-corrected chi connectivity index (χ3v) is 3.37. The van der Waals surface area contributed by atoms with Crippen molar-refractivity contribution < 1.29 is 4.39 Å². The van der Waals surface area contributed by atoms with Crippen molar-refractivity contribution in [3.05, 3.63) is 76.7 Å². The highest BCUT2D eigenvalue weighted by molar-refractivity contribution is 5.74. The maximum absolute atomic E-state index is 13.2. The molecule has 2 aromatic rings. The first-order valence-corrected chi connectivity index (χ1v) is 6.97. The second kappa shape index (κ2) is 7.24. The molecule has 2 rings (SSSR count). The molecule has 110 valence electrons. The van der Waals surface area contributed by atoms with Gasteiger partial charge in [0.05, 0.1) is 0 Å². The Morgan fingerprint density at radius 3 is 2.32 bits per heavy atom. The van der Waals surface area contributed by atoms with E-state index in [-0.39, 0.29) is 5.82 Å². The number of benzene rings is 2. The van der Waals surface area contributed by atoms with Gasteiger partial charge in [0.2, 0.25) is 0 Å². The summed E-state index contributed by atoms with van der Waals surface area (Å²) in [6.45, 7) is 1.91. The van der Waals surface area contributed by atoms with Crippen LogP contribution in [0.25, 0.3) is 17.7 Å². The van der Waals surface area contributed by atoms with Crippen molar-refractivity contribution in [3.8, 4) is 6.07 Å². The fourth-order valence-corrected chi connectivity index (χ4v) is 2.15. The van der Waals surface area contributed by atoms with Gasteiger partial charge in [0.25, 0.3) is 0 Å². The normalized spacial score (nSPS) is 11.9. The van der Waals surface area contributed by atoms with Crippen molar-refractivity contribution in [2.24, 2.45) is 0 Å². The van der Waals surface area contributed by atoms with Gasteiger partial charge in [-0.05, 0) is 47.4 Å². The molecule has 0 saturated heterocycles. The average Bonchev–Trinajstić information content (AvgIpc) is 2.54. The maximum Gasteiger partial charge on any atom is 0.123 e. The van der Waals surface area contributed by atoms with E-state index in [9.17, 15) is 4.39 Å². The Morgan fingerprint density at radius 2 is 1.73 bits per heavy atom. The third kappa shape index (κ3) is 3.83. The minimum absolute atomic E-state index is 0.248. The standard InChI is InChI=1S/C19H17FN2/c1-14(19(13-21)22-2)17-7-3-5-15(11-17)9-10-16-6-4-8-18(20)12-16/h3-12,22H,1-2H3/b10-9+,19-14+. The molecule has 0 atom stereocenters. The highest BCUT2D eigenvalue weighted by atomic mass is 19.1. The van der Waals surface area contributed by atoms with Gasteiger partial charge < -0.3 is 5.32 Å². The number of hydrogen-bond acceptors (Lipinski definition) is 2. The summed E-state index contributed by atoms with van der Waals surface area (Å²) in [5, 5.41) is 12.0. The van der Waals surface area contributed by atoms with E-state index in [1.54, 1.807) is 13.1 Å². The third-order valence-electron chi connectivity index (χ3n) is 3.37. The van der Waals surface area contributed by atoms with E-state index in [1.165, 1.54) is 12.1 Å². The zero-order valence-electron chi connectivity index (χ0n) is 12.6. The molecule has 0 aliphatic carbocycles. The molecule has 0 aliphatic rings. The predicted octanol–water partition coefficient (Wildman–Crippen LogP) is 4.47. The number of nitrogens with one attached hydrogen (secondary N) is 1. The van der Waals surface area contributed by atoms with Crippen molar-refractivity contribution in [3.63, 3.8) is 0 Å². The van der Waals surface area contributed by atoms with Gasteiger partial charge in [0.15, 0.2) is 0 Å². The molecule has 1 N–H and O–H groups in total. The highest BCUT2D eigenvalue weighted by Gasteiger charge is 2.03. The van der Waals surface area contributed by atoms with Crippen LogP contribution in [-0.2, 0) is 0 Å². The Morgan fingerprint density at radius 1 is 1.09 bits per heavy atom. The van der Waals surface area contributed by atoms with Gasteiger partial charge >= 0.3 is 0 Å². The number of hydrogen-bond donors (Lipinski definition) is 1. The fourth-order valence-electron chi connectivity index (χ4n) is 2.15. The lowest BCUT2D eigenvalue weighted by molar-refractivity contribution is 0.627. The minimum Gasteiger partial charge on any atom is -0.379 e. The number of nitriles is 1. The lowest BCUT2D eigenvalue weighted by atomic mass is 10.0. The van der Waals surface area contributed by atoms with Crippen LogP contribution in [0.15, 0.2) is 54.2 Å². The van der Waals surface area contributed by atoms with Gasteiger partial charge in [-0.3, -0.25) is 0 Å². The number of rotatable bonds is 4. The van der Waals surface area contributed by atoms with Gasteiger partial charge in [-0.1, -0.05) is 42.5 Å². The topological polar surface area (TPSA) is 35.8 Å². The molecule has 2 nitrogen and oxygen atoms in total. The lowest BCUT2D eigenvalue weighted by Crippen LogP contribution is -2.05. The Hall–Kier alpha value is -2.86. The Kier molecular flexibility index (Phi) is 5.11. The van der Waals surface area contributed by atoms with Gasteiger partial charge in [-0.15, -0.1) is 0 Å². The van der Waals surface area contributed by atoms with E-state index in [2.05, 4.69) is 11.4 Å². The van der Waals surface area contributed by atoms with Crippen molar-refractivity contribution in [2.45, 2.75) is 6.92 Å². The monoisotopic (exact) mass is 292 g/mol. The molecular formula is C19H17FN2. The maximum atomic E-state index is 13.2. The molecule has 0 aromatic heterocycles. The van der Waals surface area contributed by atoms with E-state index >= 15 is 0 Å². The van der Waals surface area contributed by atoms with Crippen LogP contribution in [-0.4, -0.2) is 7.05 Å². The van der Waals surface area contributed by atoms with Crippen molar-refractivity contribution in [2.75, 3.05) is 7.05 Å². The summed E-state index contributed by atoms with van der Waals surface area (Å²) in [6.07, 6.45) is 3.79. The van der Waals surface area contributed by atoms with E-state index in [0.29, 0.717) is 5.70 Å². The largest absolute Gasteiger partial charge is 0.379 e. The molecule has 0 spiro atoms. The molecule has 0 bridgehead atoms. The minimum atomic E-state index is -0.248.